The highest BCUT2D eigenvalue weighted by Gasteiger charge is 2.18. The molecule has 3 aromatic carbocycles. The largest absolute Gasteiger partial charge is 0.489 e. The van der Waals surface area contributed by atoms with E-state index in [9.17, 15) is 14.9 Å². The summed E-state index contributed by atoms with van der Waals surface area (Å²) in [5.74, 6) is 0.481. The smallest absolute Gasteiger partial charge is 0.270 e. The summed E-state index contributed by atoms with van der Waals surface area (Å²) in [5.41, 5.74) is 2.59. The van der Waals surface area contributed by atoms with E-state index in [0.717, 1.165) is 16.5 Å². The fourth-order valence-electron chi connectivity index (χ4n) is 3.45. The van der Waals surface area contributed by atoms with Gasteiger partial charge in [0, 0.05) is 28.4 Å². The van der Waals surface area contributed by atoms with Crippen LogP contribution in [-0.4, -0.2) is 15.7 Å². The lowest BCUT2D eigenvalue weighted by Crippen LogP contribution is -1.99. The van der Waals surface area contributed by atoms with Gasteiger partial charge in [0.2, 0.25) is 5.78 Å². The Morgan fingerprint density at radius 3 is 2.61 bits per heavy atom. The van der Waals surface area contributed by atoms with Gasteiger partial charge in [-0.1, -0.05) is 30.3 Å². The van der Waals surface area contributed by atoms with Gasteiger partial charge in [0.05, 0.1) is 10.6 Å². The van der Waals surface area contributed by atoms with Crippen LogP contribution in [0, 0.1) is 10.1 Å². The number of nitro groups is 1. The molecule has 0 spiro atoms. The molecule has 7 nitrogen and oxygen atoms in total. The van der Waals surface area contributed by atoms with Gasteiger partial charge < -0.3 is 14.1 Å². The average molecular weight is 412 g/mol. The molecule has 0 amide bonds. The number of ketones is 1. The number of carbonyl (C=O) groups is 1. The minimum absolute atomic E-state index is 0.0547. The van der Waals surface area contributed by atoms with E-state index in [2.05, 4.69) is 4.98 Å². The molecule has 0 aliphatic heterocycles. The molecule has 152 valence electrons. The van der Waals surface area contributed by atoms with Crippen molar-refractivity contribution >= 4 is 33.3 Å². The van der Waals surface area contributed by atoms with Gasteiger partial charge in [-0.2, -0.15) is 0 Å². The monoisotopic (exact) mass is 412 g/mol. The van der Waals surface area contributed by atoms with E-state index in [1.54, 1.807) is 6.07 Å². The molecule has 0 saturated heterocycles. The standard InChI is InChI=1S/C24H16N2O5/c27-24(23-13-17-10-18(26(28)29)6-9-22(17)31-23)21-12-16-11-19(7-8-20(16)25-21)30-14-15-4-2-1-3-5-15/h1-13,25H,14H2. The molecule has 5 aromatic rings. The number of fused-ring (bicyclic) bond motifs is 2. The SMILES string of the molecule is O=C(c1cc2cc(OCc3ccccc3)ccc2[nH]1)c1cc2cc([N+](=O)[O-])ccc2o1. The number of hydrogen-bond acceptors (Lipinski definition) is 5. The number of benzene rings is 3. The molecule has 0 unspecified atom stereocenters. The van der Waals surface area contributed by atoms with Crippen molar-refractivity contribution in [2.45, 2.75) is 6.61 Å². The van der Waals surface area contributed by atoms with Crippen molar-refractivity contribution in [3.05, 3.63) is 106 Å². The Morgan fingerprint density at radius 2 is 1.81 bits per heavy atom. The third-order valence-corrected chi connectivity index (χ3v) is 5.02. The molecule has 5 rings (SSSR count). The Morgan fingerprint density at radius 1 is 0.968 bits per heavy atom. The molecule has 2 aromatic heterocycles. The zero-order valence-electron chi connectivity index (χ0n) is 16.2. The number of ether oxygens (including phenoxy) is 1. The number of non-ortho nitro benzene ring substituents is 1. The number of H-pyrrole nitrogens is 1. The van der Waals surface area contributed by atoms with E-state index in [0.29, 0.717) is 29.0 Å². The number of furan rings is 1. The van der Waals surface area contributed by atoms with Crippen LogP contribution in [0.4, 0.5) is 5.69 Å². The number of nitrogens with one attached hydrogen (secondary N) is 1. The molecule has 7 heteroatoms. The summed E-state index contributed by atoms with van der Waals surface area (Å²) in [5, 5.41) is 12.3. The molecular formula is C24H16N2O5. The van der Waals surface area contributed by atoms with Crippen LogP contribution in [-0.2, 0) is 6.61 Å². The molecule has 31 heavy (non-hydrogen) atoms. The van der Waals surface area contributed by atoms with Gasteiger partial charge in [0.25, 0.3) is 5.69 Å². The average Bonchev–Trinajstić information content (AvgIpc) is 3.41. The van der Waals surface area contributed by atoms with Gasteiger partial charge in [-0.25, -0.2) is 0 Å². The van der Waals surface area contributed by atoms with Crippen LogP contribution in [0.25, 0.3) is 21.9 Å². The van der Waals surface area contributed by atoms with Crippen molar-refractivity contribution < 1.29 is 18.9 Å². The van der Waals surface area contributed by atoms with Crippen LogP contribution >= 0.6 is 0 Å². The first-order valence-electron chi connectivity index (χ1n) is 9.59. The third-order valence-electron chi connectivity index (χ3n) is 5.02. The molecule has 0 aliphatic carbocycles. The third kappa shape index (κ3) is 3.64. The maximum atomic E-state index is 12.9. The first-order chi connectivity index (χ1) is 15.1. The van der Waals surface area contributed by atoms with Gasteiger partial charge in [-0.3, -0.25) is 14.9 Å². The lowest BCUT2D eigenvalue weighted by molar-refractivity contribution is -0.384. The van der Waals surface area contributed by atoms with Gasteiger partial charge in [0.1, 0.15) is 17.9 Å². The summed E-state index contributed by atoms with van der Waals surface area (Å²) >= 11 is 0. The Hall–Kier alpha value is -4.39. The number of nitro benzene ring substituents is 1. The summed E-state index contributed by atoms with van der Waals surface area (Å²) < 4.78 is 11.5. The zero-order chi connectivity index (χ0) is 21.4. The number of carbonyl (C=O) groups excluding carboxylic acids is 1. The van der Waals surface area contributed by atoms with Crippen molar-refractivity contribution in [1.29, 1.82) is 0 Å². The van der Waals surface area contributed by atoms with Crippen molar-refractivity contribution in [2.24, 2.45) is 0 Å². The Bertz CT molecular complexity index is 1430. The zero-order valence-corrected chi connectivity index (χ0v) is 16.2. The summed E-state index contributed by atoms with van der Waals surface area (Å²) in [6.45, 7) is 0.452. The van der Waals surface area contributed by atoms with E-state index in [4.69, 9.17) is 9.15 Å². The van der Waals surface area contributed by atoms with Crippen molar-refractivity contribution in [2.75, 3.05) is 0 Å². The van der Waals surface area contributed by atoms with Crippen LogP contribution in [0.5, 0.6) is 5.75 Å². The van der Waals surface area contributed by atoms with E-state index in [1.165, 1.54) is 24.3 Å². The second kappa shape index (κ2) is 7.46. The summed E-state index contributed by atoms with van der Waals surface area (Å²) in [6, 6.07) is 22.9. The fraction of sp³-hybridized carbons (Fsp3) is 0.0417. The highest BCUT2D eigenvalue weighted by Crippen LogP contribution is 2.27. The minimum atomic E-state index is -0.483. The summed E-state index contributed by atoms with van der Waals surface area (Å²) in [7, 11) is 0. The number of hydrogen-bond donors (Lipinski definition) is 1. The van der Waals surface area contributed by atoms with Crippen LogP contribution in [0.3, 0.4) is 0 Å². The molecule has 0 atom stereocenters. The molecule has 0 saturated carbocycles. The molecule has 0 aliphatic rings. The second-order valence-electron chi connectivity index (χ2n) is 7.13. The fourth-order valence-corrected chi connectivity index (χ4v) is 3.45. The normalized spacial score (nSPS) is 11.1. The summed E-state index contributed by atoms with van der Waals surface area (Å²) in [4.78, 5) is 26.5. The maximum Gasteiger partial charge on any atom is 0.270 e. The molecular weight excluding hydrogens is 396 g/mol. The van der Waals surface area contributed by atoms with E-state index in [1.807, 2.05) is 48.5 Å². The molecule has 2 heterocycles. The Labute approximate surface area is 176 Å². The van der Waals surface area contributed by atoms with Crippen molar-refractivity contribution in [1.82, 2.24) is 4.98 Å². The van der Waals surface area contributed by atoms with Gasteiger partial charge in [0.15, 0.2) is 5.76 Å². The lowest BCUT2D eigenvalue weighted by Gasteiger charge is -2.06. The minimum Gasteiger partial charge on any atom is -0.489 e. The first kappa shape index (κ1) is 18.6. The van der Waals surface area contributed by atoms with E-state index in [-0.39, 0.29) is 17.2 Å². The quantitative estimate of drug-likeness (QED) is 0.221. The number of rotatable bonds is 6. The number of aromatic amines is 1. The topological polar surface area (TPSA) is 98.4 Å². The predicted octanol–water partition coefficient (Wildman–Crippen LogP) is 5.63. The van der Waals surface area contributed by atoms with Gasteiger partial charge in [-0.15, -0.1) is 0 Å². The highest BCUT2D eigenvalue weighted by atomic mass is 16.6. The van der Waals surface area contributed by atoms with Crippen LogP contribution in [0.1, 0.15) is 21.8 Å². The van der Waals surface area contributed by atoms with Crippen molar-refractivity contribution in [3.8, 4) is 5.75 Å². The van der Waals surface area contributed by atoms with E-state index < -0.39 is 4.92 Å². The van der Waals surface area contributed by atoms with Crippen LogP contribution < -0.4 is 4.74 Å². The second-order valence-corrected chi connectivity index (χ2v) is 7.13. The number of nitrogens with zero attached hydrogens (tertiary/aromatic N) is 1. The van der Waals surface area contributed by atoms with Crippen molar-refractivity contribution in [3.63, 3.8) is 0 Å². The predicted molar refractivity (Wildman–Crippen MR) is 115 cm³/mol. The highest BCUT2D eigenvalue weighted by molar-refractivity contribution is 6.10. The van der Waals surface area contributed by atoms with Crippen LogP contribution in [0.2, 0.25) is 0 Å². The molecule has 0 bridgehead atoms. The van der Waals surface area contributed by atoms with E-state index >= 15 is 0 Å². The molecule has 0 fully saturated rings. The van der Waals surface area contributed by atoms with Crippen LogP contribution in [0.15, 0.2) is 83.3 Å². The molecule has 1 N–H and O–H groups in total. The van der Waals surface area contributed by atoms with Gasteiger partial charge in [-0.05, 0) is 42.0 Å². The Kier molecular flexibility index (Phi) is 4.48. The maximum absolute atomic E-state index is 12.9. The lowest BCUT2D eigenvalue weighted by atomic mass is 10.2. The van der Waals surface area contributed by atoms with Gasteiger partial charge >= 0.3 is 0 Å². The Balaban J connectivity index is 1.40. The summed E-state index contributed by atoms with van der Waals surface area (Å²) in [6.07, 6.45) is 0. The first-order valence-corrected chi connectivity index (χ1v) is 9.59. The molecule has 0 radical (unpaired) electrons. The number of aromatic nitrogens is 1.